The van der Waals surface area contributed by atoms with E-state index in [1.165, 1.54) is 28.0 Å². The number of hydrogen-bond donors (Lipinski definition) is 3. The van der Waals surface area contributed by atoms with Crippen molar-refractivity contribution in [1.29, 1.82) is 0 Å². The van der Waals surface area contributed by atoms with Crippen LogP contribution in [0.15, 0.2) is 42.5 Å². The number of halogens is 2. The minimum Gasteiger partial charge on any atom is -0.496 e. The van der Waals surface area contributed by atoms with Gasteiger partial charge in [0.25, 0.3) is 5.91 Å². The van der Waals surface area contributed by atoms with E-state index < -0.39 is 5.82 Å². The van der Waals surface area contributed by atoms with Crippen LogP contribution in [0.4, 0.5) is 14.5 Å². The van der Waals surface area contributed by atoms with Gasteiger partial charge in [-0.2, -0.15) is 0 Å². The van der Waals surface area contributed by atoms with E-state index in [1.54, 1.807) is 31.4 Å². The van der Waals surface area contributed by atoms with Gasteiger partial charge in [-0.1, -0.05) is 12.1 Å². The fourth-order valence-corrected chi connectivity index (χ4v) is 3.45. The Bertz CT molecular complexity index is 793. The molecule has 0 radical (unpaired) electrons. The zero-order chi connectivity index (χ0) is 19.2. The lowest BCUT2D eigenvalue weighted by Crippen LogP contribution is -3.28. The molecule has 0 aromatic heterocycles. The molecule has 0 spiro atoms. The second kappa shape index (κ2) is 8.92. The molecule has 0 saturated carbocycles. The number of para-hydroxylation sites is 1. The van der Waals surface area contributed by atoms with Gasteiger partial charge in [-0.05, 0) is 30.3 Å². The summed E-state index contributed by atoms with van der Waals surface area (Å²) in [5.74, 6) is -0.188. The molecule has 0 atom stereocenters. The molecule has 1 heterocycles. The Balaban J connectivity index is 1.48. The number of hydrogen-bond acceptors (Lipinski definition) is 2. The Kier molecular flexibility index (Phi) is 6.36. The third-order valence-electron chi connectivity index (χ3n) is 4.91. The van der Waals surface area contributed by atoms with E-state index in [2.05, 4.69) is 5.32 Å². The van der Waals surface area contributed by atoms with Gasteiger partial charge in [0.15, 0.2) is 6.54 Å². The van der Waals surface area contributed by atoms with Crippen LogP contribution >= 0.6 is 0 Å². The fraction of sp³-hybridized carbons (Fsp3) is 0.350. The number of piperazine rings is 1. The molecule has 3 rings (SSSR count). The Labute approximate surface area is 157 Å². The summed E-state index contributed by atoms with van der Waals surface area (Å²) < 4.78 is 32.4. The molecule has 1 saturated heterocycles. The van der Waals surface area contributed by atoms with Gasteiger partial charge in [-0.15, -0.1) is 0 Å². The van der Waals surface area contributed by atoms with Crippen LogP contribution in [0.5, 0.6) is 5.75 Å². The standard InChI is InChI=1S/C20H23F2N3O2/c1-27-19-7-6-16(21)12-15(19)13-24-8-10-25(11-9-24)14-20(26)23-18-5-3-2-4-17(18)22/h2-7,12H,8-11,13-14H2,1H3,(H,23,26)/p+2. The number of carbonyl (C=O) groups is 1. The average Bonchev–Trinajstić information content (AvgIpc) is 2.65. The number of carbonyl (C=O) groups excluding carboxylic acids is 1. The van der Waals surface area contributed by atoms with Gasteiger partial charge in [0.1, 0.15) is 50.1 Å². The van der Waals surface area contributed by atoms with Gasteiger partial charge < -0.3 is 19.9 Å². The molecule has 0 bridgehead atoms. The highest BCUT2D eigenvalue weighted by molar-refractivity contribution is 5.91. The summed E-state index contributed by atoms with van der Waals surface area (Å²) in [5, 5.41) is 2.63. The number of quaternary nitrogens is 2. The highest BCUT2D eigenvalue weighted by Crippen LogP contribution is 2.18. The van der Waals surface area contributed by atoms with E-state index in [9.17, 15) is 13.6 Å². The third-order valence-corrected chi connectivity index (χ3v) is 4.91. The van der Waals surface area contributed by atoms with E-state index >= 15 is 0 Å². The van der Waals surface area contributed by atoms with Crippen LogP contribution < -0.4 is 19.9 Å². The van der Waals surface area contributed by atoms with Crippen molar-refractivity contribution in [3.8, 4) is 5.75 Å². The van der Waals surface area contributed by atoms with Gasteiger partial charge in [-0.25, -0.2) is 8.78 Å². The van der Waals surface area contributed by atoms with Gasteiger partial charge in [-0.3, -0.25) is 4.79 Å². The molecule has 1 aliphatic heterocycles. The van der Waals surface area contributed by atoms with Crippen LogP contribution in [0.25, 0.3) is 0 Å². The zero-order valence-corrected chi connectivity index (χ0v) is 15.4. The number of nitrogens with one attached hydrogen (secondary N) is 3. The van der Waals surface area contributed by atoms with E-state index in [-0.39, 0.29) is 17.4 Å². The zero-order valence-electron chi connectivity index (χ0n) is 15.4. The first-order valence-corrected chi connectivity index (χ1v) is 9.09. The van der Waals surface area contributed by atoms with Crippen molar-refractivity contribution < 1.29 is 28.1 Å². The Hall–Kier alpha value is -2.51. The van der Waals surface area contributed by atoms with E-state index in [0.717, 1.165) is 31.7 Å². The van der Waals surface area contributed by atoms with Crippen LogP contribution in [0, 0.1) is 11.6 Å². The van der Waals surface area contributed by atoms with Crippen LogP contribution in [0.3, 0.4) is 0 Å². The number of rotatable bonds is 6. The van der Waals surface area contributed by atoms with Gasteiger partial charge >= 0.3 is 0 Å². The van der Waals surface area contributed by atoms with Gasteiger partial charge in [0, 0.05) is 0 Å². The summed E-state index contributed by atoms with van der Waals surface area (Å²) in [7, 11) is 1.59. The van der Waals surface area contributed by atoms with Crippen molar-refractivity contribution in [3.63, 3.8) is 0 Å². The molecule has 1 amide bonds. The Morgan fingerprint density at radius 1 is 1.07 bits per heavy atom. The highest BCUT2D eigenvalue weighted by Gasteiger charge is 2.26. The van der Waals surface area contributed by atoms with Crippen molar-refractivity contribution in [1.82, 2.24) is 0 Å². The molecule has 7 heteroatoms. The summed E-state index contributed by atoms with van der Waals surface area (Å²) >= 11 is 0. The van der Waals surface area contributed by atoms with Crippen LogP contribution in [-0.4, -0.2) is 45.7 Å². The molecule has 0 unspecified atom stereocenters. The molecule has 1 fully saturated rings. The molecule has 3 N–H and O–H groups in total. The van der Waals surface area contributed by atoms with Crippen LogP contribution in [-0.2, 0) is 11.3 Å². The molecule has 144 valence electrons. The lowest BCUT2D eigenvalue weighted by molar-refractivity contribution is -1.02. The molecule has 0 aliphatic carbocycles. The summed E-state index contributed by atoms with van der Waals surface area (Å²) in [6, 6.07) is 10.7. The summed E-state index contributed by atoms with van der Waals surface area (Å²) in [5.41, 5.74) is 1.07. The smallest absolute Gasteiger partial charge is 0.279 e. The molecule has 5 nitrogen and oxygen atoms in total. The topological polar surface area (TPSA) is 47.2 Å². The fourth-order valence-electron chi connectivity index (χ4n) is 3.45. The second-order valence-corrected chi connectivity index (χ2v) is 6.84. The monoisotopic (exact) mass is 377 g/mol. The molecular formula is C20H25F2N3O2+2. The van der Waals surface area contributed by atoms with Crippen molar-refractivity contribution in [3.05, 3.63) is 59.7 Å². The Morgan fingerprint density at radius 2 is 1.78 bits per heavy atom. The van der Waals surface area contributed by atoms with E-state index in [1.807, 2.05) is 0 Å². The minimum atomic E-state index is -0.431. The first kappa shape index (κ1) is 19.3. The maximum absolute atomic E-state index is 13.6. The van der Waals surface area contributed by atoms with Gasteiger partial charge in [0.05, 0.1) is 18.4 Å². The number of amides is 1. The number of ether oxygens (including phenoxy) is 1. The first-order valence-electron chi connectivity index (χ1n) is 9.09. The lowest BCUT2D eigenvalue weighted by atomic mass is 10.1. The average molecular weight is 377 g/mol. The van der Waals surface area contributed by atoms with Gasteiger partial charge in [0.2, 0.25) is 0 Å². The van der Waals surface area contributed by atoms with Crippen LogP contribution in [0.1, 0.15) is 5.56 Å². The maximum atomic E-state index is 13.6. The van der Waals surface area contributed by atoms with E-state index in [4.69, 9.17) is 4.74 Å². The maximum Gasteiger partial charge on any atom is 0.279 e. The predicted molar refractivity (Wildman–Crippen MR) is 97.9 cm³/mol. The SMILES string of the molecule is COc1ccc(F)cc1C[NH+]1CC[NH+](CC(=O)Nc2ccccc2F)CC1. The second-order valence-electron chi connectivity index (χ2n) is 6.84. The summed E-state index contributed by atoms with van der Waals surface area (Å²) in [4.78, 5) is 14.7. The van der Waals surface area contributed by atoms with Crippen molar-refractivity contribution in [2.45, 2.75) is 6.54 Å². The molecule has 1 aliphatic rings. The summed E-state index contributed by atoms with van der Waals surface area (Å²) in [6.45, 7) is 4.42. The molecule has 2 aromatic carbocycles. The third kappa shape index (κ3) is 5.24. The largest absolute Gasteiger partial charge is 0.496 e. The lowest BCUT2D eigenvalue weighted by Gasteiger charge is -2.29. The number of anilines is 1. The minimum absolute atomic E-state index is 0.189. The van der Waals surface area contributed by atoms with E-state index in [0.29, 0.717) is 18.8 Å². The molecular weight excluding hydrogens is 352 g/mol. The number of benzene rings is 2. The quantitative estimate of drug-likeness (QED) is 0.658. The first-order chi connectivity index (χ1) is 13.0. The number of methoxy groups -OCH3 is 1. The van der Waals surface area contributed by atoms with Crippen LogP contribution in [0.2, 0.25) is 0 Å². The predicted octanol–water partition coefficient (Wildman–Crippen LogP) is -0.104. The summed E-state index contributed by atoms with van der Waals surface area (Å²) in [6.07, 6.45) is 0. The van der Waals surface area contributed by atoms with Crippen molar-refractivity contribution >= 4 is 11.6 Å². The molecule has 27 heavy (non-hydrogen) atoms. The molecule has 2 aromatic rings. The Morgan fingerprint density at radius 3 is 2.48 bits per heavy atom. The van der Waals surface area contributed by atoms with Crippen molar-refractivity contribution in [2.24, 2.45) is 0 Å². The normalized spacial score (nSPS) is 19.5. The van der Waals surface area contributed by atoms with Crippen molar-refractivity contribution in [2.75, 3.05) is 45.2 Å². The highest BCUT2D eigenvalue weighted by atomic mass is 19.1.